The third kappa shape index (κ3) is 4.00. The number of carbonyl (C=O) groups excluding carboxylic acids is 1. The summed E-state index contributed by atoms with van der Waals surface area (Å²) in [7, 11) is 0. The molecule has 2 heterocycles. The van der Waals surface area contributed by atoms with Gasteiger partial charge < -0.3 is 5.73 Å². The third-order valence-corrected chi connectivity index (χ3v) is 3.68. The summed E-state index contributed by atoms with van der Waals surface area (Å²) >= 11 is 0. The SMILES string of the molecule is C/C(CC(C)C)=N/NC(=O)c1nnn(-c2nonc2N)c1-c1ccccc1. The van der Waals surface area contributed by atoms with Gasteiger partial charge in [0.2, 0.25) is 11.6 Å². The molecule has 3 rings (SSSR count). The second kappa shape index (κ2) is 7.77. The lowest BCUT2D eigenvalue weighted by atomic mass is 10.1. The molecule has 3 N–H and O–H groups in total. The van der Waals surface area contributed by atoms with Gasteiger partial charge in [0.1, 0.15) is 5.69 Å². The molecule has 10 nitrogen and oxygen atoms in total. The molecule has 10 heteroatoms. The van der Waals surface area contributed by atoms with Crippen molar-refractivity contribution < 1.29 is 9.42 Å². The number of nitrogens with one attached hydrogen (secondary N) is 1. The van der Waals surface area contributed by atoms with E-state index in [4.69, 9.17) is 5.73 Å². The van der Waals surface area contributed by atoms with Crippen molar-refractivity contribution in [1.82, 2.24) is 30.7 Å². The van der Waals surface area contributed by atoms with Crippen molar-refractivity contribution in [3.8, 4) is 17.1 Å². The van der Waals surface area contributed by atoms with Crippen molar-refractivity contribution in [3.05, 3.63) is 36.0 Å². The fourth-order valence-corrected chi connectivity index (χ4v) is 2.61. The van der Waals surface area contributed by atoms with E-state index < -0.39 is 5.91 Å². The van der Waals surface area contributed by atoms with Crippen LogP contribution in [0.3, 0.4) is 0 Å². The Bertz CT molecular complexity index is 958. The molecule has 0 radical (unpaired) electrons. The number of aromatic nitrogens is 5. The molecule has 3 aromatic rings. The Labute approximate surface area is 155 Å². The van der Waals surface area contributed by atoms with Gasteiger partial charge in [-0.25, -0.2) is 10.1 Å². The van der Waals surface area contributed by atoms with Crippen molar-refractivity contribution in [2.45, 2.75) is 27.2 Å². The van der Waals surface area contributed by atoms with E-state index in [9.17, 15) is 4.79 Å². The Morgan fingerprint density at radius 1 is 1.30 bits per heavy atom. The maximum atomic E-state index is 12.7. The third-order valence-electron chi connectivity index (χ3n) is 3.68. The van der Waals surface area contributed by atoms with Crippen LogP contribution in [0.15, 0.2) is 40.1 Å². The fourth-order valence-electron chi connectivity index (χ4n) is 2.61. The summed E-state index contributed by atoms with van der Waals surface area (Å²) in [6.07, 6.45) is 0.777. The number of anilines is 1. The smallest absolute Gasteiger partial charge is 0.294 e. The number of amides is 1. The van der Waals surface area contributed by atoms with Crippen LogP contribution in [0.5, 0.6) is 0 Å². The summed E-state index contributed by atoms with van der Waals surface area (Å²) in [5, 5.41) is 19.4. The molecule has 27 heavy (non-hydrogen) atoms. The Morgan fingerprint density at radius 2 is 2.04 bits per heavy atom. The summed E-state index contributed by atoms with van der Waals surface area (Å²) in [4.78, 5) is 12.7. The Balaban J connectivity index is 2.00. The number of nitrogen functional groups attached to an aromatic ring is 1. The molecule has 0 aliphatic heterocycles. The van der Waals surface area contributed by atoms with Crippen molar-refractivity contribution in [3.63, 3.8) is 0 Å². The number of hydrogen-bond donors (Lipinski definition) is 2. The highest BCUT2D eigenvalue weighted by atomic mass is 16.6. The molecule has 0 bridgehead atoms. The zero-order chi connectivity index (χ0) is 19.4. The zero-order valence-electron chi connectivity index (χ0n) is 15.2. The van der Waals surface area contributed by atoms with Crippen molar-refractivity contribution >= 4 is 17.4 Å². The first-order valence-electron chi connectivity index (χ1n) is 8.40. The topological polar surface area (TPSA) is 137 Å². The lowest BCUT2D eigenvalue weighted by molar-refractivity contribution is 0.0950. The van der Waals surface area contributed by atoms with Gasteiger partial charge >= 0.3 is 0 Å². The molecule has 0 unspecified atom stereocenters. The average molecular weight is 368 g/mol. The predicted molar refractivity (Wildman–Crippen MR) is 99.1 cm³/mol. The second-order valence-corrected chi connectivity index (χ2v) is 6.42. The summed E-state index contributed by atoms with van der Waals surface area (Å²) in [5.74, 6) is 0.141. The first kappa shape index (κ1) is 18.2. The molecule has 2 aromatic heterocycles. The van der Waals surface area contributed by atoms with Gasteiger partial charge in [-0.15, -0.1) is 5.10 Å². The van der Waals surface area contributed by atoms with Gasteiger partial charge in [0, 0.05) is 11.3 Å². The van der Waals surface area contributed by atoms with Crippen LogP contribution in [0.25, 0.3) is 17.1 Å². The normalized spacial score (nSPS) is 11.8. The van der Waals surface area contributed by atoms with Gasteiger partial charge in [-0.05, 0) is 29.6 Å². The summed E-state index contributed by atoms with van der Waals surface area (Å²) in [6, 6.07) is 9.18. The molecule has 0 spiro atoms. The number of nitrogens with two attached hydrogens (primary N) is 1. The number of hydrogen-bond acceptors (Lipinski definition) is 8. The molecule has 0 atom stereocenters. The van der Waals surface area contributed by atoms with Crippen molar-refractivity contribution in [1.29, 1.82) is 0 Å². The van der Waals surface area contributed by atoms with E-state index in [2.05, 4.69) is 49.6 Å². The summed E-state index contributed by atoms with van der Waals surface area (Å²) < 4.78 is 5.96. The van der Waals surface area contributed by atoms with Crippen LogP contribution < -0.4 is 11.2 Å². The van der Waals surface area contributed by atoms with E-state index in [1.54, 1.807) is 0 Å². The number of nitrogens with zero attached hydrogens (tertiary/aromatic N) is 6. The van der Waals surface area contributed by atoms with Crippen LogP contribution in [-0.2, 0) is 0 Å². The van der Waals surface area contributed by atoms with Crippen LogP contribution in [-0.4, -0.2) is 36.9 Å². The van der Waals surface area contributed by atoms with Gasteiger partial charge in [-0.3, -0.25) is 4.79 Å². The standard InChI is InChI=1S/C17H20N8O2/c1-10(2)9-11(3)19-21-17(26)13-14(12-7-5-4-6-8-12)25(24-20-13)16-15(18)22-27-23-16/h4-8,10H,9H2,1-3H3,(H2,18,22)(H,21,26)/b19-11-. The van der Waals surface area contributed by atoms with Crippen molar-refractivity contribution in [2.75, 3.05) is 5.73 Å². The van der Waals surface area contributed by atoms with Crippen LogP contribution >= 0.6 is 0 Å². The van der Waals surface area contributed by atoms with Crippen LogP contribution in [0.4, 0.5) is 5.82 Å². The molecule has 0 aliphatic carbocycles. The first-order valence-corrected chi connectivity index (χ1v) is 8.40. The van der Waals surface area contributed by atoms with Crippen LogP contribution in [0, 0.1) is 5.92 Å². The monoisotopic (exact) mass is 368 g/mol. The number of carbonyl (C=O) groups is 1. The van der Waals surface area contributed by atoms with Crippen LogP contribution in [0.2, 0.25) is 0 Å². The van der Waals surface area contributed by atoms with E-state index >= 15 is 0 Å². The highest BCUT2D eigenvalue weighted by molar-refractivity contribution is 5.99. The van der Waals surface area contributed by atoms with Crippen molar-refractivity contribution in [2.24, 2.45) is 11.0 Å². The minimum atomic E-state index is -0.488. The van der Waals surface area contributed by atoms with E-state index in [0.717, 1.165) is 12.1 Å². The second-order valence-electron chi connectivity index (χ2n) is 6.42. The molecular formula is C17H20N8O2. The molecular weight excluding hydrogens is 348 g/mol. The minimum Gasteiger partial charge on any atom is -0.378 e. The fraction of sp³-hybridized carbons (Fsp3) is 0.294. The number of rotatable bonds is 6. The van der Waals surface area contributed by atoms with Gasteiger partial charge in [0.05, 0.1) is 0 Å². The minimum absolute atomic E-state index is 0.0369. The Hall–Kier alpha value is -3.56. The zero-order valence-corrected chi connectivity index (χ0v) is 15.2. The maximum absolute atomic E-state index is 12.7. The molecule has 1 amide bonds. The highest BCUT2D eigenvalue weighted by Gasteiger charge is 2.25. The van der Waals surface area contributed by atoms with E-state index in [0.29, 0.717) is 17.2 Å². The molecule has 0 fully saturated rings. The Kier molecular flexibility index (Phi) is 5.25. The lowest BCUT2D eigenvalue weighted by Gasteiger charge is -2.06. The molecule has 0 saturated carbocycles. The van der Waals surface area contributed by atoms with E-state index in [1.165, 1.54) is 4.68 Å². The molecule has 1 aromatic carbocycles. The maximum Gasteiger partial charge on any atom is 0.294 e. The first-order chi connectivity index (χ1) is 13.0. The average Bonchev–Trinajstić information content (AvgIpc) is 3.25. The van der Waals surface area contributed by atoms with E-state index in [1.807, 2.05) is 37.3 Å². The number of hydrazone groups is 1. The van der Waals surface area contributed by atoms with E-state index in [-0.39, 0.29) is 17.3 Å². The largest absolute Gasteiger partial charge is 0.378 e. The number of benzene rings is 1. The summed E-state index contributed by atoms with van der Waals surface area (Å²) in [5.41, 5.74) is 10.3. The van der Waals surface area contributed by atoms with Gasteiger partial charge in [-0.2, -0.15) is 9.78 Å². The highest BCUT2D eigenvalue weighted by Crippen LogP contribution is 2.26. The van der Waals surface area contributed by atoms with Gasteiger partial charge in [-0.1, -0.05) is 49.4 Å². The molecule has 140 valence electrons. The van der Waals surface area contributed by atoms with Gasteiger partial charge in [0.15, 0.2) is 5.69 Å². The quantitative estimate of drug-likeness (QED) is 0.501. The Morgan fingerprint density at radius 3 is 2.67 bits per heavy atom. The molecule has 0 saturated heterocycles. The molecule has 0 aliphatic rings. The predicted octanol–water partition coefficient (Wildman–Crippen LogP) is 2.05. The van der Waals surface area contributed by atoms with Gasteiger partial charge in [0.25, 0.3) is 5.91 Å². The van der Waals surface area contributed by atoms with Crippen LogP contribution in [0.1, 0.15) is 37.7 Å². The summed E-state index contributed by atoms with van der Waals surface area (Å²) in [6.45, 7) is 6.02. The lowest BCUT2D eigenvalue weighted by Crippen LogP contribution is -2.21.